The number of nitrogens with zero attached hydrogens (tertiary/aromatic N) is 1. The van der Waals surface area contributed by atoms with Crippen LogP contribution in [-0.4, -0.2) is 25.1 Å². The average molecular weight is 363 g/mol. The van der Waals surface area contributed by atoms with Crippen LogP contribution in [-0.2, 0) is 4.79 Å². The van der Waals surface area contributed by atoms with E-state index in [0.717, 1.165) is 0 Å². The zero-order valence-electron chi connectivity index (χ0n) is 13.5. The van der Waals surface area contributed by atoms with Crippen LogP contribution in [0.3, 0.4) is 0 Å². The first kappa shape index (κ1) is 18.3. The number of halogens is 1. The van der Waals surface area contributed by atoms with Gasteiger partial charge in [0.05, 0.1) is 19.1 Å². The Balaban J connectivity index is 2.15. The lowest BCUT2D eigenvalue weighted by Crippen LogP contribution is -2.09. The third kappa shape index (κ3) is 4.71. The molecule has 2 rings (SSSR count). The number of benzene rings is 2. The van der Waals surface area contributed by atoms with Crippen LogP contribution in [0.1, 0.15) is 5.56 Å². The van der Waals surface area contributed by atoms with Crippen molar-refractivity contribution in [3.05, 3.63) is 63.2 Å². The van der Waals surface area contributed by atoms with Gasteiger partial charge in [-0.3, -0.25) is 14.9 Å². The van der Waals surface area contributed by atoms with Crippen LogP contribution in [0.2, 0.25) is 5.02 Å². The topological polar surface area (TPSA) is 90.7 Å². The number of hydrogen-bond donors (Lipinski definition) is 1. The van der Waals surface area contributed by atoms with E-state index in [1.807, 2.05) is 0 Å². The van der Waals surface area contributed by atoms with E-state index in [2.05, 4.69) is 5.32 Å². The number of methoxy groups -OCH3 is 2. The van der Waals surface area contributed by atoms with Crippen molar-refractivity contribution < 1.29 is 19.2 Å². The molecule has 0 aliphatic carbocycles. The zero-order valence-corrected chi connectivity index (χ0v) is 14.2. The molecule has 1 amide bonds. The number of anilines is 1. The van der Waals surface area contributed by atoms with Gasteiger partial charge in [0, 0.05) is 17.2 Å². The minimum Gasteiger partial charge on any atom is -0.493 e. The van der Waals surface area contributed by atoms with Crippen LogP contribution in [0.5, 0.6) is 11.5 Å². The highest BCUT2D eigenvalue weighted by atomic mass is 35.5. The molecule has 0 aliphatic heterocycles. The number of ether oxygens (including phenoxy) is 2. The molecule has 0 saturated heterocycles. The Kier molecular flexibility index (Phi) is 5.97. The van der Waals surface area contributed by atoms with E-state index in [9.17, 15) is 14.9 Å². The molecular weight excluding hydrogens is 348 g/mol. The quantitative estimate of drug-likeness (QED) is 0.478. The highest BCUT2D eigenvalue weighted by molar-refractivity contribution is 6.31. The van der Waals surface area contributed by atoms with Crippen LogP contribution in [0.4, 0.5) is 11.4 Å². The summed E-state index contributed by atoms with van der Waals surface area (Å²) in [5, 5.41) is 13.7. The third-order valence-corrected chi connectivity index (χ3v) is 3.48. The maximum Gasteiger partial charge on any atom is 0.294 e. The summed E-state index contributed by atoms with van der Waals surface area (Å²) in [6.45, 7) is 0. The predicted octanol–water partition coefficient (Wildman–Crippen LogP) is 3.92. The summed E-state index contributed by atoms with van der Waals surface area (Å²) in [4.78, 5) is 22.4. The Labute approximate surface area is 149 Å². The molecule has 0 aromatic heterocycles. The first-order valence-corrected chi connectivity index (χ1v) is 7.47. The molecule has 25 heavy (non-hydrogen) atoms. The predicted molar refractivity (Wildman–Crippen MR) is 95.3 cm³/mol. The highest BCUT2D eigenvalue weighted by Crippen LogP contribution is 2.29. The highest BCUT2D eigenvalue weighted by Gasteiger charge is 2.15. The molecular formula is C17H15ClN2O5. The van der Waals surface area contributed by atoms with Crippen molar-refractivity contribution >= 4 is 35.0 Å². The number of hydrogen-bond acceptors (Lipinski definition) is 5. The number of amides is 1. The SMILES string of the molecule is COc1ccc(/C=C/C(=O)Nc2ccc(Cl)cc2[N+](=O)[O-])cc1OC. The largest absolute Gasteiger partial charge is 0.493 e. The van der Waals surface area contributed by atoms with Gasteiger partial charge in [0.1, 0.15) is 5.69 Å². The summed E-state index contributed by atoms with van der Waals surface area (Å²) < 4.78 is 10.3. The second kappa shape index (κ2) is 8.16. The lowest BCUT2D eigenvalue weighted by Gasteiger charge is -2.07. The standard InChI is InChI=1S/C17H15ClN2O5/c1-24-15-7-3-11(9-16(15)25-2)4-8-17(21)19-13-6-5-12(18)10-14(13)20(22)23/h3-10H,1-2H3,(H,19,21)/b8-4+. The summed E-state index contributed by atoms with van der Waals surface area (Å²) in [5.41, 5.74) is 0.495. The minimum absolute atomic E-state index is 0.0661. The number of carbonyl (C=O) groups is 1. The number of rotatable bonds is 6. The number of carbonyl (C=O) groups excluding carboxylic acids is 1. The van der Waals surface area contributed by atoms with E-state index in [4.69, 9.17) is 21.1 Å². The van der Waals surface area contributed by atoms with Gasteiger partial charge in [-0.15, -0.1) is 0 Å². The van der Waals surface area contributed by atoms with E-state index in [0.29, 0.717) is 17.1 Å². The van der Waals surface area contributed by atoms with Gasteiger partial charge in [-0.25, -0.2) is 0 Å². The molecule has 2 aromatic carbocycles. The van der Waals surface area contributed by atoms with E-state index in [1.165, 1.54) is 38.5 Å². The molecule has 0 spiro atoms. The first-order valence-electron chi connectivity index (χ1n) is 7.09. The van der Waals surface area contributed by atoms with Crippen molar-refractivity contribution in [3.8, 4) is 11.5 Å². The Morgan fingerprint density at radius 1 is 1.16 bits per heavy atom. The molecule has 0 aliphatic rings. The Morgan fingerprint density at radius 2 is 1.88 bits per heavy atom. The summed E-state index contributed by atoms with van der Waals surface area (Å²) >= 11 is 5.74. The molecule has 0 bridgehead atoms. The zero-order chi connectivity index (χ0) is 18.4. The third-order valence-electron chi connectivity index (χ3n) is 3.25. The summed E-state index contributed by atoms with van der Waals surface area (Å²) in [6, 6.07) is 9.17. The average Bonchev–Trinajstić information content (AvgIpc) is 2.61. The minimum atomic E-state index is -0.612. The number of nitro groups is 1. The Morgan fingerprint density at radius 3 is 2.52 bits per heavy atom. The first-order chi connectivity index (χ1) is 11.9. The molecule has 1 N–H and O–H groups in total. The van der Waals surface area contributed by atoms with Crippen molar-refractivity contribution in [2.75, 3.05) is 19.5 Å². The summed E-state index contributed by atoms with van der Waals surface area (Å²) in [7, 11) is 3.04. The molecule has 0 atom stereocenters. The fourth-order valence-electron chi connectivity index (χ4n) is 2.06. The summed E-state index contributed by atoms with van der Waals surface area (Å²) in [6.07, 6.45) is 2.82. The molecule has 2 aromatic rings. The second-order valence-electron chi connectivity index (χ2n) is 4.86. The van der Waals surface area contributed by atoms with Gasteiger partial charge in [0.25, 0.3) is 5.69 Å². The van der Waals surface area contributed by atoms with Crippen molar-refractivity contribution in [1.29, 1.82) is 0 Å². The fraction of sp³-hybridized carbons (Fsp3) is 0.118. The van der Waals surface area contributed by atoms with E-state index in [1.54, 1.807) is 24.3 Å². The molecule has 130 valence electrons. The molecule has 7 nitrogen and oxygen atoms in total. The maximum absolute atomic E-state index is 12.0. The van der Waals surface area contributed by atoms with E-state index < -0.39 is 10.8 Å². The molecule has 0 radical (unpaired) electrons. The van der Waals surface area contributed by atoms with Crippen LogP contribution >= 0.6 is 11.6 Å². The van der Waals surface area contributed by atoms with Crippen LogP contribution < -0.4 is 14.8 Å². The van der Waals surface area contributed by atoms with Crippen molar-refractivity contribution in [3.63, 3.8) is 0 Å². The van der Waals surface area contributed by atoms with Gasteiger partial charge in [0.2, 0.25) is 5.91 Å². The second-order valence-corrected chi connectivity index (χ2v) is 5.29. The molecule has 0 heterocycles. The van der Waals surface area contributed by atoms with Gasteiger partial charge < -0.3 is 14.8 Å². The van der Waals surface area contributed by atoms with Gasteiger partial charge in [0.15, 0.2) is 11.5 Å². The Hall–Kier alpha value is -3.06. The molecule has 8 heteroatoms. The van der Waals surface area contributed by atoms with E-state index >= 15 is 0 Å². The number of nitro benzene ring substituents is 1. The van der Waals surface area contributed by atoms with Crippen LogP contribution in [0, 0.1) is 10.1 Å². The lowest BCUT2D eigenvalue weighted by atomic mass is 10.2. The summed E-state index contributed by atoms with van der Waals surface area (Å²) in [5.74, 6) is 0.583. The van der Waals surface area contributed by atoms with Gasteiger partial charge >= 0.3 is 0 Å². The fourth-order valence-corrected chi connectivity index (χ4v) is 2.23. The van der Waals surface area contributed by atoms with Crippen molar-refractivity contribution in [1.82, 2.24) is 0 Å². The van der Waals surface area contributed by atoms with Gasteiger partial charge in [-0.2, -0.15) is 0 Å². The lowest BCUT2D eigenvalue weighted by molar-refractivity contribution is -0.383. The smallest absolute Gasteiger partial charge is 0.294 e. The van der Waals surface area contributed by atoms with Crippen LogP contribution in [0.15, 0.2) is 42.5 Å². The normalized spacial score (nSPS) is 10.5. The molecule has 0 unspecified atom stereocenters. The molecule has 0 fully saturated rings. The monoisotopic (exact) mass is 362 g/mol. The van der Waals surface area contributed by atoms with E-state index in [-0.39, 0.29) is 16.4 Å². The van der Waals surface area contributed by atoms with Gasteiger partial charge in [-0.1, -0.05) is 17.7 Å². The Bertz CT molecular complexity index is 836. The maximum atomic E-state index is 12.0. The molecule has 0 saturated carbocycles. The van der Waals surface area contributed by atoms with Gasteiger partial charge in [-0.05, 0) is 35.9 Å². The van der Waals surface area contributed by atoms with Crippen molar-refractivity contribution in [2.24, 2.45) is 0 Å². The van der Waals surface area contributed by atoms with Crippen molar-refractivity contribution in [2.45, 2.75) is 0 Å². The van der Waals surface area contributed by atoms with Crippen LogP contribution in [0.25, 0.3) is 6.08 Å². The number of nitrogens with one attached hydrogen (secondary N) is 1.